The molecule has 0 spiro atoms. The smallest absolute Gasteiger partial charge is 0.325 e. The lowest BCUT2D eigenvalue weighted by molar-refractivity contribution is -0.138. The molecule has 0 bridgehead atoms. The zero-order chi connectivity index (χ0) is 14.0. The first kappa shape index (κ1) is 13.0. The lowest BCUT2D eigenvalue weighted by Crippen LogP contribution is -2.38. The first-order valence-corrected chi connectivity index (χ1v) is 5.88. The topological polar surface area (TPSA) is 79.3 Å². The Bertz CT molecular complexity index is 647. The molecule has 5 nitrogen and oxygen atoms in total. The predicted molar refractivity (Wildman–Crippen MR) is 71.0 cm³/mol. The van der Waals surface area contributed by atoms with Crippen LogP contribution in [0.2, 0.25) is 0 Å². The van der Waals surface area contributed by atoms with Gasteiger partial charge in [-0.3, -0.25) is 14.6 Å². The lowest BCUT2D eigenvalue weighted by atomic mass is 10.0. The van der Waals surface area contributed by atoms with Crippen molar-refractivity contribution in [1.82, 2.24) is 10.3 Å². The van der Waals surface area contributed by atoms with E-state index in [1.165, 1.54) is 6.92 Å². The Morgan fingerprint density at radius 1 is 1.32 bits per heavy atom. The van der Waals surface area contributed by atoms with Crippen molar-refractivity contribution in [2.75, 3.05) is 0 Å². The normalized spacial score (nSPS) is 12.1. The molecule has 1 unspecified atom stereocenters. The summed E-state index contributed by atoms with van der Waals surface area (Å²) in [6.45, 7) is 3.31. The molecule has 2 N–H and O–H groups in total. The van der Waals surface area contributed by atoms with Crippen molar-refractivity contribution >= 4 is 22.6 Å². The van der Waals surface area contributed by atoms with Crippen LogP contribution < -0.4 is 5.32 Å². The highest BCUT2D eigenvalue weighted by molar-refractivity contribution is 6.07. The average molecular weight is 258 g/mol. The highest BCUT2D eigenvalue weighted by Crippen LogP contribution is 2.20. The highest BCUT2D eigenvalue weighted by Gasteiger charge is 2.18. The average Bonchev–Trinajstić information content (AvgIpc) is 2.38. The number of aryl methyl sites for hydroxylation is 1. The second kappa shape index (κ2) is 5.06. The molecule has 1 aromatic heterocycles. The van der Waals surface area contributed by atoms with Crippen molar-refractivity contribution in [1.29, 1.82) is 0 Å². The Morgan fingerprint density at radius 2 is 2.05 bits per heavy atom. The fourth-order valence-electron chi connectivity index (χ4n) is 1.91. The fraction of sp³-hybridized carbons (Fsp3) is 0.214. The standard InChI is InChI=1S/C14H14N2O3/c1-8-4-3-5-10-6-7-15-12(11(8)10)13(17)16-9(2)14(18)19/h3-7,9H,1-2H3,(H,16,17)(H,18,19). The molecule has 1 atom stereocenters. The minimum atomic E-state index is -1.08. The number of amides is 1. The minimum Gasteiger partial charge on any atom is -0.480 e. The van der Waals surface area contributed by atoms with E-state index >= 15 is 0 Å². The molecule has 1 heterocycles. The van der Waals surface area contributed by atoms with Crippen LogP contribution in [0.25, 0.3) is 10.8 Å². The van der Waals surface area contributed by atoms with E-state index in [1.54, 1.807) is 6.20 Å². The van der Waals surface area contributed by atoms with E-state index in [9.17, 15) is 9.59 Å². The summed E-state index contributed by atoms with van der Waals surface area (Å²) < 4.78 is 0. The zero-order valence-corrected chi connectivity index (χ0v) is 10.7. The molecule has 2 aromatic rings. The van der Waals surface area contributed by atoms with Gasteiger partial charge in [0, 0.05) is 11.6 Å². The Morgan fingerprint density at radius 3 is 2.74 bits per heavy atom. The molecule has 0 fully saturated rings. The summed E-state index contributed by atoms with van der Waals surface area (Å²) in [5.74, 6) is -1.56. The summed E-state index contributed by atoms with van der Waals surface area (Å²) in [4.78, 5) is 26.9. The van der Waals surface area contributed by atoms with Crippen molar-refractivity contribution in [2.45, 2.75) is 19.9 Å². The van der Waals surface area contributed by atoms with Crippen LogP contribution in [0.15, 0.2) is 30.5 Å². The Labute approximate surface area is 110 Å². The van der Waals surface area contributed by atoms with Crippen LogP contribution >= 0.6 is 0 Å². The maximum absolute atomic E-state index is 12.1. The van der Waals surface area contributed by atoms with E-state index < -0.39 is 17.9 Å². The number of pyridine rings is 1. The number of carboxylic acids is 1. The van der Waals surface area contributed by atoms with Gasteiger partial charge in [0.2, 0.25) is 0 Å². The molecule has 0 radical (unpaired) electrons. The third-order valence-electron chi connectivity index (χ3n) is 2.93. The van der Waals surface area contributed by atoms with Crippen LogP contribution in [0.4, 0.5) is 0 Å². The number of carbonyl (C=O) groups excluding carboxylic acids is 1. The van der Waals surface area contributed by atoms with Gasteiger partial charge in [0.05, 0.1) is 0 Å². The van der Waals surface area contributed by atoms with E-state index in [0.717, 1.165) is 16.3 Å². The van der Waals surface area contributed by atoms with Crippen LogP contribution in [0.1, 0.15) is 23.0 Å². The van der Waals surface area contributed by atoms with E-state index in [4.69, 9.17) is 5.11 Å². The number of aliphatic carboxylic acids is 1. The zero-order valence-electron chi connectivity index (χ0n) is 10.7. The molecule has 0 saturated heterocycles. The van der Waals surface area contributed by atoms with E-state index in [2.05, 4.69) is 10.3 Å². The van der Waals surface area contributed by atoms with Gasteiger partial charge in [-0.25, -0.2) is 0 Å². The van der Waals surface area contributed by atoms with Crippen molar-refractivity contribution < 1.29 is 14.7 Å². The Hall–Kier alpha value is -2.43. The molecular formula is C14H14N2O3. The molecule has 2 rings (SSSR count). The second-order valence-corrected chi connectivity index (χ2v) is 4.37. The van der Waals surface area contributed by atoms with Crippen LogP contribution in [0, 0.1) is 6.92 Å². The summed E-state index contributed by atoms with van der Waals surface area (Å²) in [6.07, 6.45) is 1.54. The molecule has 0 aliphatic heterocycles. The highest BCUT2D eigenvalue weighted by atomic mass is 16.4. The number of fused-ring (bicyclic) bond motifs is 1. The lowest BCUT2D eigenvalue weighted by Gasteiger charge is -2.11. The monoisotopic (exact) mass is 258 g/mol. The number of hydrogen-bond acceptors (Lipinski definition) is 3. The van der Waals surface area contributed by atoms with Crippen molar-refractivity contribution in [3.63, 3.8) is 0 Å². The predicted octanol–water partition coefficient (Wildman–Crippen LogP) is 1.75. The van der Waals surface area contributed by atoms with E-state index in [-0.39, 0.29) is 5.69 Å². The minimum absolute atomic E-state index is 0.253. The first-order valence-electron chi connectivity index (χ1n) is 5.88. The van der Waals surface area contributed by atoms with Crippen LogP contribution in [-0.4, -0.2) is 28.0 Å². The number of hydrogen-bond donors (Lipinski definition) is 2. The maximum atomic E-state index is 12.1. The van der Waals surface area contributed by atoms with Gasteiger partial charge in [-0.05, 0) is 30.9 Å². The quantitative estimate of drug-likeness (QED) is 0.879. The van der Waals surface area contributed by atoms with Crippen LogP contribution in [0.3, 0.4) is 0 Å². The summed E-state index contributed by atoms with van der Waals surface area (Å²) in [5.41, 5.74) is 1.18. The van der Waals surface area contributed by atoms with Crippen molar-refractivity contribution in [2.24, 2.45) is 0 Å². The number of carbonyl (C=O) groups is 2. The molecule has 19 heavy (non-hydrogen) atoms. The molecule has 5 heteroatoms. The van der Waals surface area contributed by atoms with Gasteiger partial charge in [-0.2, -0.15) is 0 Å². The first-order chi connectivity index (χ1) is 9.00. The van der Waals surface area contributed by atoms with Gasteiger partial charge < -0.3 is 10.4 Å². The molecule has 0 aliphatic carbocycles. The summed E-state index contributed by atoms with van der Waals surface area (Å²) in [5, 5.41) is 12.9. The molecular weight excluding hydrogens is 244 g/mol. The third-order valence-corrected chi connectivity index (χ3v) is 2.93. The number of nitrogens with zero attached hydrogens (tertiary/aromatic N) is 1. The van der Waals surface area contributed by atoms with Gasteiger partial charge in [-0.15, -0.1) is 0 Å². The number of rotatable bonds is 3. The SMILES string of the molecule is Cc1cccc2ccnc(C(=O)NC(C)C(=O)O)c12. The third kappa shape index (κ3) is 2.54. The number of nitrogens with one attached hydrogen (secondary N) is 1. The molecule has 98 valence electrons. The van der Waals surface area contributed by atoms with Gasteiger partial charge in [-0.1, -0.05) is 18.2 Å². The summed E-state index contributed by atoms with van der Waals surface area (Å²) in [7, 11) is 0. The van der Waals surface area contributed by atoms with Gasteiger partial charge in [0.25, 0.3) is 5.91 Å². The number of carboxylic acid groups (broad SMARTS) is 1. The maximum Gasteiger partial charge on any atom is 0.325 e. The largest absolute Gasteiger partial charge is 0.480 e. The van der Waals surface area contributed by atoms with Gasteiger partial charge in [0.1, 0.15) is 11.7 Å². The summed E-state index contributed by atoms with van der Waals surface area (Å²) in [6, 6.07) is 6.55. The molecule has 0 saturated carbocycles. The molecule has 0 aliphatic rings. The fourth-order valence-corrected chi connectivity index (χ4v) is 1.91. The van der Waals surface area contributed by atoms with Gasteiger partial charge in [0.15, 0.2) is 0 Å². The van der Waals surface area contributed by atoms with Gasteiger partial charge >= 0.3 is 5.97 Å². The van der Waals surface area contributed by atoms with Crippen LogP contribution in [-0.2, 0) is 4.79 Å². The molecule has 1 amide bonds. The second-order valence-electron chi connectivity index (χ2n) is 4.37. The Balaban J connectivity index is 2.45. The van der Waals surface area contributed by atoms with Crippen molar-refractivity contribution in [3.8, 4) is 0 Å². The number of aromatic nitrogens is 1. The summed E-state index contributed by atoms with van der Waals surface area (Å²) >= 11 is 0. The molecule has 1 aromatic carbocycles. The van der Waals surface area contributed by atoms with Crippen LogP contribution in [0.5, 0.6) is 0 Å². The van der Waals surface area contributed by atoms with E-state index in [0.29, 0.717) is 0 Å². The van der Waals surface area contributed by atoms with E-state index in [1.807, 2.05) is 31.2 Å². The van der Waals surface area contributed by atoms with Crippen molar-refractivity contribution in [3.05, 3.63) is 41.7 Å². The number of benzene rings is 1. The Kier molecular flexibility index (Phi) is 3.46.